The molecule has 0 saturated carbocycles. The molecule has 0 saturated heterocycles. The Balaban J connectivity index is 2.90. The minimum atomic E-state index is -1.04. The van der Waals surface area contributed by atoms with Gasteiger partial charge in [0.15, 0.2) is 0 Å². The smallest absolute Gasteiger partial charge is 0.322 e. The van der Waals surface area contributed by atoms with Crippen molar-refractivity contribution in [3.8, 4) is 5.75 Å². The molecule has 98 valence electrons. The number of nitro groups is 1. The van der Waals surface area contributed by atoms with E-state index < -0.39 is 10.9 Å². The molecule has 0 radical (unpaired) electrons. The van der Waals surface area contributed by atoms with Crippen molar-refractivity contribution in [1.29, 1.82) is 0 Å². The molecule has 0 aromatic heterocycles. The number of nitrogens with zero attached hydrogens (tertiary/aromatic N) is 1. The lowest BCUT2D eigenvalue weighted by Crippen LogP contribution is -2.12. The van der Waals surface area contributed by atoms with Crippen LogP contribution in [0, 0.1) is 10.1 Å². The fraction of sp³-hybridized carbons (Fsp3) is 0.364. The summed E-state index contributed by atoms with van der Waals surface area (Å²) in [6.45, 7) is 2.05. The highest BCUT2D eigenvalue weighted by atomic mass is 16.6. The average Bonchev–Trinajstić information content (AvgIpc) is 2.33. The Kier molecular flexibility index (Phi) is 4.91. The molecule has 0 heterocycles. The normalized spacial score (nSPS) is 9.83. The highest BCUT2D eigenvalue weighted by molar-refractivity contribution is 5.73. The number of ether oxygens (including phenoxy) is 1. The van der Waals surface area contributed by atoms with Crippen LogP contribution in [0.5, 0.6) is 5.75 Å². The molecular weight excluding hydrogens is 240 g/mol. The van der Waals surface area contributed by atoms with Crippen molar-refractivity contribution in [2.75, 3.05) is 18.5 Å². The minimum absolute atomic E-state index is 0.142. The van der Waals surface area contributed by atoms with Gasteiger partial charge in [0, 0.05) is 17.8 Å². The molecule has 1 aromatic carbocycles. The highest BCUT2D eigenvalue weighted by Gasteiger charge is 2.11. The van der Waals surface area contributed by atoms with Crippen molar-refractivity contribution in [3.05, 3.63) is 28.3 Å². The summed E-state index contributed by atoms with van der Waals surface area (Å²) < 4.78 is 5.30. The van der Waals surface area contributed by atoms with E-state index in [1.165, 1.54) is 18.2 Å². The van der Waals surface area contributed by atoms with E-state index in [2.05, 4.69) is 5.32 Å². The number of carboxylic acid groups (broad SMARTS) is 1. The van der Waals surface area contributed by atoms with Crippen LogP contribution in [-0.4, -0.2) is 29.2 Å². The van der Waals surface area contributed by atoms with Crippen LogP contribution in [0.2, 0.25) is 0 Å². The van der Waals surface area contributed by atoms with Crippen molar-refractivity contribution in [1.82, 2.24) is 0 Å². The van der Waals surface area contributed by atoms with Gasteiger partial charge < -0.3 is 15.2 Å². The number of aliphatic carboxylic acids is 1. The minimum Gasteiger partial charge on any atom is -0.493 e. The van der Waals surface area contributed by atoms with Gasteiger partial charge in [0.1, 0.15) is 12.3 Å². The lowest BCUT2D eigenvalue weighted by Gasteiger charge is -2.08. The molecule has 0 atom stereocenters. The van der Waals surface area contributed by atoms with Crippen LogP contribution >= 0.6 is 0 Å². The van der Waals surface area contributed by atoms with Gasteiger partial charge in [0.05, 0.1) is 17.6 Å². The number of non-ortho nitro benzene ring substituents is 1. The van der Waals surface area contributed by atoms with E-state index in [0.717, 1.165) is 6.42 Å². The zero-order valence-electron chi connectivity index (χ0n) is 9.88. The molecular formula is C11H14N2O5. The predicted molar refractivity (Wildman–Crippen MR) is 65.0 cm³/mol. The second-order valence-corrected chi connectivity index (χ2v) is 3.57. The average molecular weight is 254 g/mol. The number of hydrogen-bond acceptors (Lipinski definition) is 5. The molecule has 0 unspecified atom stereocenters. The number of hydrogen-bond donors (Lipinski definition) is 2. The number of nitro benzene ring substituents is 1. The summed E-state index contributed by atoms with van der Waals surface area (Å²) in [5.74, 6) is -0.698. The summed E-state index contributed by atoms with van der Waals surface area (Å²) in [4.78, 5) is 20.6. The molecule has 2 N–H and O–H groups in total. The first-order valence-electron chi connectivity index (χ1n) is 5.41. The summed E-state index contributed by atoms with van der Waals surface area (Å²) in [6, 6.07) is 4.11. The first-order chi connectivity index (χ1) is 8.52. The lowest BCUT2D eigenvalue weighted by molar-refractivity contribution is -0.384. The first-order valence-corrected chi connectivity index (χ1v) is 5.41. The SMILES string of the molecule is CCCOc1cc(NCC(=O)O)cc([N+](=O)[O-])c1. The molecule has 18 heavy (non-hydrogen) atoms. The van der Waals surface area contributed by atoms with E-state index in [9.17, 15) is 14.9 Å². The summed E-state index contributed by atoms with van der Waals surface area (Å²) in [5, 5.41) is 21.8. The van der Waals surface area contributed by atoms with Crippen LogP contribution in [-0.2, 0) is 4.79 Å². The van der Waals surface area contributed by atoms with Crippen LogP contribution in [0.3, 0.4) is 0 Å². The molecule has 1 aromatic rings. The molecule has 0 aliphatic rings. The van der Waals surface area contributed by atoms with Gasteiger partial charge >= 0.3 is 5.97 Å². The van der Waals surface area contributed by atoms with Crippen molar-refractivity contribution < 1.29 is 19.6 Å². The number of carboxylic acids is 1. The number of carbonyl (C=O) groups is 1. The van der Waals surface area contributed by atoms with Crippen molar-refractivity contribution in [2.45, 2.75) is 13.3 Å². The third-order valence-corrected chi connectivity index (χ3v) is 2.02. The Bertz CT molecular complexity index is 447. The van der Waals surface area contributed by atoms with Crippen molar-refractivity contribution in [3.63, 3.8) is 0 Å². The summed E-state index contributed by atoms with van der Waals surface area (Å²) in [6.07, 6.45) is 0.778. The Labute approximate surface area is 104 Å². The number of anilines is 1. The topological polar surface area (TPSA) is 102 Å². The third-order valence-electron chi connectivity index (χ3n) is 2.02. The van der Waals surface area contributed by atoms with Crippen LogP contribution in [0.15, 0.2) is 18.2 Å². The van der Waals surface area contributed by atoms with Gasteiger partial charge in [-0.05, 0) is 6.42 Å². The maximum Gasteiger partial charge on any atom is 0.322 e. The van der Waals surface area contributed by atoms with Crippen LogP contribution in [0.25, 0.3) is 0 Å². The van der Waals surface area contributed by atoms with Gasteiger partial charge in [-0.15, -0.1) is 0 Å². The molecule has 0 aliphatic heterocycles. The zero-order chi connectivity index (χ0) is 13.5. The molecule has 1 rings (SSSR count). The number of rotatable bonds is 7. The maximum atomic E-state index is 10.7. The summed E-state index contributed by atoms with van der Waals surface area (Å²) in [5.41, 5.74) is 0.203. The molecule has 0 aliphatic carbocycles. The van der Waals surface area contributed by atoms with Crippen molar-refractivity contribution >= 4 is 17.3 Å². The quantitative estimate of drug-likeness (QED) is 0.569. The van der Waals surface area contributed by atoms with Gasteiger partial charge in [0.25, 0.3) is 5.69 Å². The van der Waals surface area contributed by atoms with Gasteiger partial charge in [-0.25, -0.2) is 0 Å². The van der Waals surface area contributed by atoms with Crippen LogP contribution < -0.4 is 10.1 Å². The Morgan fingerprint density at radius 1 is 1.50 bits per heavy atom. The van der Waals surface area contributed by atoms with Crippen LogP contribution in [0.4, 0.5) is 11.4 Å². The van der Waals surface area contributed by atoms with Gasteiger partial charge in [-0.2, -0.15) is 0 Å². The summed E-state index contributed by atoms with van der Waals surface area (Å²) in [7, 11) is 0. The van der Waals surface area contributed by atoms with Gasteiger partial charge in [-0.3, -0.25) is 14.9 Å². The molecule has 0 spiro atoms. The standard InChI is InChI=1S/C11H14N2O5/c1-2-3-18-10-5-8(12-7-11(14)15)4-9(6-10)13(16)17/h4-6,12H,2-3,7H2,1H3,(H,14,15). The molecule has 7 nitrogen and oxygen atoms in total. The van der Waals surface area contributed by atoms with Crippen molar-refractivity contribution in [2.24, 2.45) is 0 Å². The fourth-order valence-corrected chi connectivity index (χ4v) is 1.27. The largest absolute Gasteiger partial charge is 0.493 e. The Morgan fingerprint density at radius 2 is 2.22 bits per heavy atom. The maximum absolute atomic E-state index is 10.7. The van der Waals surface area contributed by atoms with Crippen LogP contribution in [0.1, 0.15) is 13.3 Å². The predicted octanol–water partition coefficient (Wildman–Crippen LogP) is 1.88. The van der Waals surface area contributed by atoms with Gasteiger partial charge in [0.2, 0.25) is 0 Å². The summed E-state index contributed by atoms with van der Waals surface area (Å²) >= 11 is 0. The zero-order valence-corrected chi connectivity index (χ0v) is 9.88. The van der Waals surface area contributed by atoms with Gasteiger partial charge in [-0.1, -0.05) is 6.92 Å². The second-order valence-electron chi connectivity index (χ2n) is 3.57. The molecule has 0 amide bonds. The third kappa shape index (κ3) is 4.28. The molecule has 0 fully saturated rings. The number of benzene rings is 1. The highest BCUT2D eigenvalue weighted by Crippen LogP contribution is 2.26. The fourth-order valence-electron chi connectivity index (χ4n) is 1.27. The van der Waals surface area contributed by atoms with E-state index in [4.69, 9.17) is 9.84 Å². The monoisotopic (exact) mass is 254 g/mol. The van der Waals surface area contributed by atoms with E-state index in [1.54, 1.807) is 0 Å². The number of nitrogens with one attached hydrogen (secondary N) is 1. The molecule has 0 bridgehead atoms. The lowest BCUT2D eigenvalue weighted by atomic mass is 10.2. The van der Waals surface area contributed by atoms with E-state index in [0.29, 0.717) is 18.0 Å². The Morgan fingerprint density at radius 3 is 2.78 bits per heavy atom. The first kappa shape index (κ1) is 13.8. The van der Waals surface area contributed by atoms with E-state index in [1.807, 2.05) is 6.92 Å². The Hall–Kier alpha value is -2.31. The molecule has 7 heteroatoms. The second kappa shape index (κ2) is 6.43. The van der Waals surface area contributed by atoms with E-state index >= 15 is 0 Å². The van der Waals surface area contributed by atoms with E-state index in [-0.39, 0.29) is 12.2 Å².